The van der Waals surface area contributed by atoms with Gasteiger partial charge in [-0.05, 0) is 24.7 Å². The molecule has 17 heavy (non-hydrogen) atoms. The van der Waals surface area contributed by atoms with Crippen LogP contribution in [0.2, 0.25) is 12.1 Å². The molecule has 0 saturated heterocycles. The van der Waals surface area contributed by atoms with Gasteiger partial charge in [-0.3, -0.25) is 0 Å². The van der Waals surface area contributed by atoms with Crippen molar-refractivity contribution in [3.63, 3.8) is 0 Å². The summed E-state index contributed by atoms with van der Waals surface area (Å²) in [7, 11) is -1.41. The molecule has 0 aromatic rings. The van der Waals surface area contributed by atoms with E-state index in [1.54, 1.807) is 0 Å². The van der Waals surface area contributed by atoms with E-state index >= 15 is 0 Å². The van der Waals surface area contributed by atoms with Gasteiger partial charge in [0.15, 0.2) is 8.24 Å². The molecule has 2 heteroatoms. The zero-order valence-corrected chi connectivity index (χ0v) is 13.8. The van der Waals surface area contributed by atoms with Crippen molar-refractivity contribution in [2.45, 2.75) is 78.4 Å². The molecule has 0 aliphatic carbocycles. The summed E-state index contributed by atoms with van der Waals surface area (Å²) in [5, 5.41) is 0. The first-order valence-corrected chi connectivity index (χ1v) is 9.92. The van der Waals surface area contributed by atoms with Crippen LogP contribution in [0.4, 0.5) is 0 Å². The highest BCUT2D eigenvalue weighted by Gasteiger charge is 2.35. The predicted octanol–water partition coefficient (Wildman–Crippen LogP) is 4.99. The molecular weight excluding hydrogens is 222 g/mol. The molecule has 0 radical (unpaired) electrons. The predicted molar refractivity (Wildman–Crippen MR) is 82.9 cm³/mol. The molecule has 0 N–H and O–H groups in total. The zero-order chi connectivity index (χ0) is 13.3. The van der Waals surface area contributed by atoms with Crippen molar-refractivity contribution >= 4 is 8.24 Å². The molecule has 102 valence electrons. The minimum absolute atomic E-state index is 0.665. The monoisotopic (exact) mass is 255 g/mol. The van der Waals surface area contributed by atoms with E-state index in [0.717, 1.165) is 0 Å². The highest BCUT2D eigenvalue weighted by atomic mass is 28.3. The third-order valence-corrected chi connectivity index (χ3v) is 9.02. The van der Waals surface area contributed by atoms with E-state index in [0.29, 0.717) is 6.04 Å². The summed E-state index contributed by atoms with van der Waals surface area (Å²) in [6, 6.07) is 3.47. The van der Waals surface area contributed by atoms with Gasteiger partial charge in [0.05, 0.1) is 0 Å². The fourth-order valence-corrected chi connectivity index (χ4v) is 7.95. The van der Waals surface area contributed by atoms with Crippen LogP contribution in [0.15, 0.2) is 12.3 Å². The van der Waals surface area contributed by atoms with Crippen molar-refractivity contribution < 1.29 is 0 Å². The number of nitrogens with zero attached hydrogens (tertiary/aromatic N) is 1. The van der Waals surface area contributed by atoms with Crippen LogP contribution in [0.25, 0.3) is 0 Å². The lowest BCUT2D eigenvalue weighted by atomic mass is 10.4. The fourth-order valence-electron chi connectivity index (χ4n) is 2.89. The van der Waals surface area contributed by atoms with E-state index in [-0.39, 0.29) is 0 Å². The molecule has 0 aliphatic rings. The zero-order valence-electron chi connectivity index (χ0n) is 12.8. The third kappa shape index (κ3) is 4.97. The van der Waals surface area contributed by atoms with Crippen LogP contribution in [-0.4, -0.2) is 25.4 Å². The van der Waals surface area contributed by atoms with Gasteiger partial charge in [-0.1, -0.05) is 66.0 Å². The fraction of sp³-hybridized carbons (Fsp3) is 0.867. The standard InChI is InChI=1S/C15H33NSi/c1-7-11-13-17(10-4,14-12-8-2)16(9-3)15(5)6/h10,15H,4,7-9,11-14H2,1-3,5-6H3. The van der Waals surface area contributed by atoms with Crippen molar-refractivity contribution in [3.8, 4) is 0 Å². The summed E-state index contributed by atoms with van der Waals surface area (Å²) >= 11 is 0. The van der Waals surface area contributed by atoms with Crippen molar-refractivity contribution in [1.29, 1.82) is 0 Å². The molecule has 0 atom stereocenters. The van der Waals surface area contributed by atoms with Crippen LogP contribution in [0.3, 0.4) is 0 Å². The maximum absolute atomic E-state index is 4.21. The first-order valence-electron chi connectivity index (χ1n) is 7.48. The van der Waals surface area contributed by atoms with Crippen molar-refractivity contribution in [2.75, 3.05) is 6.54 Å². The second-order valence-corrected chi connectivity index (χ2v) is 9.58. The van der Waals surface area contributed by atoms with Gasteiger partial charge < -0.3 is 4.57 Å². The largest absolute Gasteiger partial charge is 0.318 e. The summed E-state index contributed by atoms with van der Waals surface area (Å²) in [6.45, 7) is 17.0. The van der Waals surface area contributed by atoms with Crippen LogP contribution in [0.5, 0.6) is 0 Å². The third-order valence-electron chi connectivity index (χ3n) is 3.84. The molecule has 0 heterocycles. The highest BCUT2D eigenvalue weighted by Crippen LogP contribution is 2.28. The maximum atomic E-state index is 4.21. The number of hydrogen-bond acceptors (Lipinski definition) is 1. The quantitative estimate of drug-likeness (QED) is 0.497. The Hall–Kier alpha value is -0.0831. The van der Waals surface area contributed by atoms with Gasteiger partial charge in [0.25, 0.3) is 0 Å². The Morgan fingerprint density at radius 3 is 1.76 bits per heavy atom. The molecule has 0 rings (SSSR count). The lowest BCUT2D eigenvalue weighted by Gasteiger charge is -2.43. The van der Waals surface area contributed by atoms with E-state index < -0.39 is 8.24 Å². The second kappa shape index (κ2) is 8.93. The molecule has 0 aromatic heterocycles. The van der Waals surface area contributed by atoms with Crippen molar-refractivity contribution in [2.24, 2.45) is 0 Å². The minimum atomic E-state index is -1.41. The van der Waals surface area contributed by atoms with E-state index in [4.69, 9.17) is 0 Å². The van der Waals surface area contributed by atoms with E-state index in [1.807, 2.05) is 0 Å². The summed E-state index contributed by atoms with van der Waals surface area (Å²) in [5.41, 5.74) is 2.36. The van der Waals surface area contributed by atoms with Gasteiger partial charge in [-0.15, -0.1) is 6.58 Å². The molecule has 0 aromatic carbocycles. The van der Waals surface area contributed by atoms with Crippen LogP contribution < -0.4 is 0 Å². The Balaban J connectivity index is 4.91. The SMILES string of the molecule is C=C[Si](CCCC)(CCCC)N(CC)C(C)C. The molecule has 0 amide bonds. The van der Waals surface area contributed by atoms with Gasteiger partial charge in [-0.25, -0.2) is 0 Å². The summed E-state index contributed by atoms with van der Waals surface area (Å²) in [4.78, 5) is 0. The Morgan fingerprint density at radius 1 is 1.06 bits per heavy atom. The molecule has 0 saturated carbocycles. The average molecular weight is 256 g/mol. The highest BCUT2D eigenvalue weighted by molar-refractivity contribution is 6.82. The van der Waals surface area contributed by atoms with E-state index in [9.17, 15) is 0 Å². The first-order chi connectivity index (χ1) is 8.07. The van der Waals surface area contributed by atoms with E-state index in [2.05, 4.69) is 51.5 Å². The molecule has 0 fully saturated rings. The molecule has 0 bridgehead atoms. The van der Waals surface area contributed by atoms with Crippen molar-refractivity contribution in [3.05, 3.63) is 12.3 Å². The molecule has 0 aliphatic heterocycles. The Morgan fingerprint density at radius 2 is 1.53 bits per heavy atom. The van der Waals surface area contributed by atoms with Gasteiger partial charge in [0.1, 0.15) is 0 Å². The molecular formula is C15H33NSi. The van der Waals surface area contributed by atoms with Crippen LogP contribution >= 0.6 is 0 Å². The second-order valence-electron chi connectivity index (χ2n) is 5.39. The normalized spacial score (nSPS) is 12.4. The number of rotatable bonds is 10. The van der Waals surface area contributed by atoms with Gasteiger partial charge >= 0.3 is 0 Å². The molecule has 1 nitrogen and oxygen atoms in total. The summed E-state index contributed by atoms with van der Waals surface area (Å²) in [6.07, 6.45) is 5.35. The summed E-state index contributed by atoms with van der Waals surface area (Å²) in [5.74, 6) is 0. The topological polar surface area (TPSA) is 3.24 Å². The van der Waals surface area contributed by atoms with Gasteiger partial charge in [0.2, 0.25) is 0 Å². The van der Waals surface area contributed by atoms with Crippen LogP contribution in [0, 0.1) is 0 Å². The lowest BCUT2D eigenvalue weighted by molar-refractivity contribution is 0.364. The van der Waals surface area contributed by atoms with Crippen molar-refractivity contribution in [1.82, 2.24) is 4.57 Å². The Kier molecular flexibility index (Phi) is 8.88. The number of unbranched alkanes of at least 4 members (excludes halogenated alkanes) is 2. The van der Waals surface area contributed by atoms with Gasteiger partial charge in [0, 0.05) is 0 Å². The molecule has 0 unspecified atom stereocenters. The maximum Gasteiger partial charge on any atom is 0.152 e. The van der Waals surface area contributed by atoms with Gasteiger partial charge in [-0.2, -0.15) is 0 Å². The average Bonchev–Trinajstić information content (AvgIpc) is 2.32. The number of hydrogen-bond donors (Lipinski definition) is 0. The summed E-state index contributed by atoms with van der Waals surface area (Å²) < 4.78 is 2.77. The smallest absolute Gasteiger partial charge is 0.152 e. The Labute approximate surface area is 110 Å². The minimum Gasteiger partial charge on any atom is -0.318 e. The Bertz CT molecular complexity index is 193. The van der Waals surface area contributed by atoms with Crippen LogP contribution in [-0.2, 0) is 0 Å². The first kappa shape index (κ1) is 16.9. The van der Waals surface area contributed by atoms with Crippen LogP contribution in [0.1, 0.15) is 60.3 Å². The molecule has 0 spiro atoms. The lowest BCUT2D eigenvalue weighted by Crippen LogP contribution is -2.55. The van der Waals surface area contributed by atoms with E-state index in [1.165, 1.54) is 44.3 Å².